The molecule has 3 aromatic rings. The minimum Gasteiger partial charge on any atom is -0.343 e. The Bertz CT molecular complexity index is 872. The zero-order valence-corrected chi connectivity index (χ0v) is 10.8. The molecule has 0 aliphatic rings. The van der Waals surface area contributed by atoms with Crippen LogP contribution in [0, 0.1) is 11.3 Å². The number of pyridine rings is 1. The molecule has 0 saturated carbocycles. The fourth-order valence-corrected chi connectivity index (χ4v) is 2.35. The first-order valence-corrected chi connectivity index (χ1v) is 6.36. The minimum atomic E-state index is 0.0189. The Hall–Kier alpha value is -2.86. The summed E-state index contributed by atoms with van der Waals surface area (Å²) in [6.45, 7) is 0.574. The highest BCUT2D eigenvalue weighted by Gasteiger charge is 2.05. The molecule has 0 radical (unpaired) electrons. The standard InChI is InChI=1S/C17H12N2O/c18-11-13-5-1-2-6-14(13)12-19-10-9-17(20)15-7-3-4-8-16(15)19/h1-10H,12H2. The van der Waals surface area contributed by atoms with Gasteiger partial charge in [-0.15, -0.1) is 0 Å². The van der Waals surface area contributed by atoms with E-state index in [0.29, 0.717) is 17.5 Å². The third-order valence-corrected chi connectivity index (χ3v) is 3.36. The van der Waals surface area contributed by atoms with Gasteiger partial charge >= 0.3 is 0 Å². The lowest BCUT2D eigenvalue weighted by atomic mass is 10.1. The normalized spacial score (nSPS) is 10.3. The first-order valence-electron chi connectivity index (χ1n) is 6.36. The van der Waals surface area contributed by atoms with Crippen molar-refractivity contribution >= 4 is 10.9 Å². The monoisotopic (exact) mass is 260 g/mol. The number of nitriles is 1. The van der Waals surface area contributed by atoms with E-state index < -0.39 is 0 Å². The van der Waals surface area contributed by atoms with E-state index in [2.05, 4.69) is 6.07 Å². The Balaban J connectivity index is 2.15. The maximum Gasteiger partial charge on any atom is 0.189 e. The zero-order chi connectivity index (χ0) is 13.9. The van der Waals surface area contributed by atoms with E-state index >= 15 is 0 Å². The summed E-state index contributed by atoms with van der Waals surface area (Å²) < 4.78 is 1.99. The van der Waals surface area contributed by atoms with Crippen molar-refractivity contribution in [2.45, 2.75) is 6.54 Å². The molecule has 0 aliphatic heterocycles. The Morgan fingerprint density at radius 2 is 1.75 bits per heavy atom. The summed E-state index contributed by atoms with van der Waals surface area (Å²) in [6, 6.07) is 18.8. The molecule has 0 unspecified atom stereocenters. The number of para-hydroxylation sites is 1. The Kier molecular flexibility index (Phi) is 3.06. The summed E-state index contributed by atoms with van der Waals surface area (Å²) in [5, 5.41) is 9.84. The van der Waals surface area contributed by atoms with Gasteiger partial charge in [0, 0.05) is 24.2 Å². The van der Waals surface area contributed by atoms with Crippen molar-refractivity contribution in [2.24, 2.45) is 0 Å². The number of hydrogen-bond donors (Lipinski definition) is 0. The fourth-order valence-electron chi connectivity index (χ4n) is 2.35. The van der Waals surface area contributed by atoms with E-state index in [9.17, 15) is 4.79 Å². The second-order valence-corrected chi connectivity index (χ2v) is 4.59. The molecule has 1 heterocycles. The lowest BCUT2D eigenvalue weighted by Crippen LogP contribution is -2.09. The average molecular weight is 260 g/mol. The summed E-state index contributed by atoms with van der Waals surface area (Å²) in [4.78, 5) is 11.8. The quantitative estimate of drug-likeness (QED) is 0.711. The van der Waals surface area contributed by atoms with Gasteiger partial charge < -0.3 is 4.57 Å². The van der Waals surface area contributed by atoms with E-state index in [1.54, 1.807) is 18.3 Å². The molecule has 20 heavy (non-hydrogen) atoms. The van der Waals surface area contributed by atoms with Crippen molar-refractivity contribution in [3.63, 3.8) is 0 Å². The topological polar surface area (TPSA) is 45.8 Å². The number of aromatic nitrogens is 1. The van der Waals surface area contributed by atoms with Crippen molar-refractivity contribution in [1.82, 2.24) is 4.57 Å². The van der Waals surface area contributed by atoms with Crippen LogP contribution in [0.1, 0.15) is 11.1 Å². The van der Waals surface area contributed by atoms with Gasteiger partial charge in [-0.3, -0.25) is 4.79 Å². The van der Waals surface area contributed by atoms with Crippen LogP contribution in [-0.4, -0.2) is 4.57 Å². The maximum atomic E-state index is 11.8. The molecule has 2 aromatic carbocycles. The highest BCUT2D eigenvalue weighted by molar-refractivity contribution is 5.78. The smallest absolute Gasteiger partial charge is 0.189 e. The molecule has 1 aromatic heterocycles. The minimum absolute atomic E-state index is 0.0189. The largest absolute Gasteiger partial charge is 0.343 e. The van der Waals surface area contributed by atoms with Crippen LogP contribution in [0.2, 0.25) is 0 Å². The molecule has 3 nitrogen and oxygen atoms in total. The summed E-state index contributed by atoms with van der Waals surface area (Å²) >= 11 is 0. The van der Waals surface area contributed by atoms with Crippen molar-refractivity contribution in [1.29, 1.82) is 5.26 Å². The zero-order valence-electron chi connectivity index (χ0n) is 10.8. The van der Waals surface area contributed by atoms with E-state index in [4.69, 9.17) is 5.26 Å². The van der Waals surface area contributed by atoms with Gasteiger partial charge in [0.05, 0.1) is 17.1 Å². The number of rotatable bonds is 2. The highest BCUT2D eigenvalue weighted by atomic mass is 16.1. The average Bonchev–Trinajstić information content (AvgIpc) is 2.51. The van der Waals surface area contributed by atoms with Gasteiger partial charge in [0.25, 0.3) is 0 Å². The molecular weight excluding hydrogens is 248 g/mol. The van der Waals surface area contributed by atoms with Crippen LogP contribution >= 0.6 is 0 Å². The van der Waals surface area contributed by atoms with Crippen LogP contribution in [0.3, 0.4) is 0 Å². The van der Waals surface area contributed by atoms with Gasteiger partial charge in [-0.1, -0.05) is 30.3 Å². The molecule has 96 valence electrons. The first kappa shape index (κ1) is 12.2. The maximum absolute atomic E-state index is 11.8. The van der Waals surface area contributed by atoms with E-state index in [1.165, 1.54) is 0 Å². The Labute approximate surface area is 116 Å². The van der Waals surface area contributed by atoms with Crippen LogP contribution in [-0.2, 0) is 6.54 Å². The molecule has 0 N–H and O–H groups in total. The molecule has 0 atom stereocenters. The van der Waals surface area contributed by atoms with Crippen molar-refractivity contribution in [3.05, 3.63) is 82.1 Å². The fraction of sp³-hybridized carbons (Fsp3) is 0.0588. The van der Waals surface area contributed by atoms with E-state index in [0.717, 1.165) is 11.1 Å². The van der Waals surface area contributed by atoms with Crippen LogP contribution in [0.15, 0.2) is 65.6 Å². The number of nitrogens with zero attached hydrogens (tertiary/aromatic N) is 2. The van der Waals surface area contributed by atoms with Crippen molar-refractivity contribution in [2.75, 3.05) is 0 Å². The summed E-state index contributed by atoms with van der Waals surface area (Å²) in [5.41, 5.74) is 2.51. The van der Waals surface area contributed by atoms with Crippen molar-refractivity contribution in [3.8, 4) is 6.07 Å². The lowest BCUT2D eigenvalue weighted by Gasteiger charge is -2.11. The number of fused-ring (bicyclic) bond motifs is 1. The van der Waals surface area contributed by atoms with Gasteiger partial charge in [0.15, 0.2) is 5.43 Å². The summed E-state index contributed by atoms with van der Waals surface area (Å²) in [6.07, 6.45) is 1.78. The van der Waals surface area contributed by atoms with Crippen LogP contribution in [0.25, 0.3) is 10.9 Å². The predicted molar refractivity (Wildman–Crippen MR) is 78.5 cm³/mol. The molecule has 0 bridgehead atoms. The molecule has 0 saturated heterocycles. The summed E-state index contributed by atoms with van der Waals surface area (Å²) in [5.74, 6) is 0. The van der Waals surface area contributed by atoms with Crippen molar-refractivity contribution < 1.29 is 0 Å². The summed E-state index contributed by atoms with van der Waals surface area (Å²) in [7, 11) is 0. The van der Waals surface area contributed by atoms with Gasteiger partial charge in [0.2, 0.25) is 0 Å². The second-order valence-electron chi connectivity index (χ2n) is 4.59. The predicted octanol–water partition coefficient (Wildman–Crippen LogP) is 2.92. The SMILES string of the molecule is N#Cc1ccccc1Cn1ccc(=O)c2ccccc21. The van der Waals surface area contributed by atoms with Gasteiger partial charge in [-0.05, 0) is 23.8 Å². The lowest BCUT2D eigenvalue weighted by molar-refractivity contribution is 0.823. The molecule has 3 rings (SSSR count). The van der Waals surface area contributed by atoms with Gasteiger partial charge in [-0.25, -0.2) is 0 Å². The van der Waals surface area contributed by atoms with Gasteiger partial charge in [-0.2, -0.15) is 5.26 Å². The third kappa shape index (κ3) is 2.08. The van der Waals surface area contributed by atoms with Crippen LogP contribution < -0.4 is 5.43 Å². The number of benzene rings is 2. The molecule has 0 amide bonds. The van der Waals surface area contributed by atoms with Crippen LogP contribution in [0.4, 0.5) is 0 Å². The Morgan fingerprint density at radius 3 is 2.60 bits per heavy atom. The second kappa shape index (κ2) is 5.02. The molecule has 3 heteroatoms. The first-order chi connectivity index (χ1) is 9.79. The van der Waals surface area contributed by atoms with Crippen LogP contribution in [0.5, 0.6) is 0 Å². The van der Waals surface area contributed by atoms with E-state index in [-0.39, 0.29) is 5.43 Å². The highest BCUT2D eigenvalue weighted by Crippen LogP contribution is 2.14. The molecule has 0 spiro atoms. The van der Waals surface area contributed by atoms with Gasteiger partial charge in [0.1, 0.15) is 0 Å². The molecule has 0 aliphatic carbocycles. The van der Waals surface area contributed by atoms with E-state index in [1.807, 2.05) is 47.0 Å². The third-order valence-electron chi connectivity index (χ3n) is 3.36. The molecular formula is C17H12N2O. The number of hydrogen-bond acceptors (Lipinski definition) is 2. The Morgan fingerprint density at radius 1 is 1.00 bits per heavy atom. The molecule has 0 fully saturated rings.